The van der Waals surface area contributed by atoms with Gasteiger partial charge < -0.3 is 15.5 Å². The number of hydrogen-bond donors (Lipinski definition) is 5. The lowest BCUT2D eigenvalue weighted by molar-refractivity contribution is -0.141. The van der Waals surface area contributed by atoms with Gasteiger partial charge in [0.15, 0.2) is 0 Å². The fourth-order valence-electron chi connectivity index (χ4n) is 3.64. The van der Waals surface area contributed by atoms with Crippen LogP contribution in [0.4, 0.5) is 0 Å². The molecule has 5 N–H and O–H groups in total. The molecular weight excluding hydrogens is 457 g/mol. The molecule has 1 rings (SSSR count). The standard InChI is InChI=1S/C25H41NO4.HO3P/c1-2-3-4-5-6-7-8-9-10-11-12-13-14-15-24(28)26-23(25(29)30)20-21-16-18-22(27)19-17-21;1-4(2)3/h16-19,23,27H,2-15,20H2,1H3,(H,26,28)(H,29,30);(H-,1,2,3)/p+1/t23-;/m0./s1. The fourth-order valence-corrected chi connectivity index (χ4v) is 3.64. The van der Waals surface area contributed by atoms with Crippen molar-refractivity contribution >= 4 is 20.1 Å². The molecule has 0 spiro atoms. The molecule has 0 aliphatic carbocycles. The van der Waals surface area contributed by atoms with Crippen LogP contribution in [0.1, 0.15) is 102 Å². The number of benzene rings is 1. The number of hydrogen-bond acceptors (Lipinski definition) is 4. The lowest BCUT2D eigenvalue weighted by atomic mass is 10.0. The lowest BCUT2D eigenvalue weighted by Crippen LogP contribution is -2.42. The summed E-state index contributed by atoms with van der Waals surface area (Å²) in [6.07, 6.45) is 16.9. The van der Waals surface area contributed by atoms with Crippen molar-refractivity contribution in [3.8, 4) is 5.75 Å². The van der Waals surface area contributed by atoms with Crippen molar-refractivity contribution in [3.05, 3.63) is 29.8 Å². The first-order valence-corrected chi connectivity index (χ1v) is 13.6. The van der Waals surface area contributed by atoms with Gasteiger partial charge in [0.25, 0.3) is 0 Å². The molecule has 9 heteroatoms. The minimum absolute atomic E-state index is 0.136. The van der Waals surface area contributed by atoms with Gasteiger partial charge in [0.1, 0.15) is 11.8 Å². The van der Waals surface area contributed by atoms with E-state index in [2.05, 4.69) is 12.2 Å². The normalized spacial score (nSPS) is 11.3. The number of aromatic hydroxyl groups is 1. The minimum atomic E-state index is -2.87. The van der Waals surface area contributed by atoms with Gasteiger partial charge in [0.2, 0.25) is 5.91 Å². The van der Waals surface area contributed by atoms with E-state index in [0.717, 1.165) is 24.8 Å². The predicted molar refractivity (Wildman–Crippen MR) is 134 cm³/mol. The molecule has 1 aromatic carbocycles. The summed E-state index contributed by atoms with van der Waals surface area (Å²) in [5.41, 5.74) is 0.765. The van der Waals surface area contributed by atoms with E-state index in [1.807, 2.05) is 0 Å². The van der Waals surface area contributed by atoms with E-state index in [4.69, 9.17) is 14.4 Å². The van der Waals surface area contributed by atoms with Crippen LogP contribution in [0.25, 0.3) is 0 Å². The van der Waals surface area contributed by atoms with E-state index in [1.54, 1.807) is 12.1 Å². The van der Waals surface area contributed by atoms with Crippen LogP contribution >= 0.6 is 8.25 Å². The highest BCUT2D eigenvalue weighted by Crippen LogP contribution is 2.14. The van der Waals surface area contributed by atoms with E-state index in [9.17, 15) is 19.8 Å². The summed E-state index contributed by atoms with van der Waals surface area (Å²) in [6.45, 7) is 2.25. The predicted octanol–water partition coefficient (Wildman–Crippen LogP) is 5.61. The quantitative estimate of drug-likeness (QED) is 0.130. The van der Waals surface area contributed by atoms with Crippen molar-refractivity contribution in [1.82, 2.24) is 5.32 Å². The third-order valence-corrected chi connectivity index (χ3v) is 5.52. The van der Waals surface area contributed by atoms with Crippen molar-refractivity contribution in [2.45, 2.75) is 109 Å². The average molecular weight is 501 g/mol. The van der Waals surface area contributed by atoms with Crippen molar-refractivity contribution < 1.29 is 34.2 Å². The number of nitrogens with one attached hydrogen (secondary N) is 1. The van der Waals surface area contributed by atoms with E-state index in [-0.39, 0.29) is 18.1 Å². The molecule has 0 fully saturated rings. The molecule has 0 aliphatic rings. The molecule has 0 unspecified atom stereocenters. The Morgan fingerprint density at radius 3 is 1.65 bits per heavy atom. The summed E-state index contributed by atoms with van der Waals surface area (Å²) < 4.78 is 8.70. The number of carboxylic acids is 1. The van der Waals surface area contributed by atoms with Crippen LogP contribution in [-0.4, -0.2) is 37.9 Å². The molecule has 34 heavy (non-hydrogen) atoms. The van der Waals surface area contributed by atoms with Crippen LogP contribution in [-0.2, 0) is 20.6 Å². The van der Waals surface area contributed by atoms with Gasteiger partial charge in [0, 0.05) is 17.4 Å². The van der Waals surface area contributed by atoms with Gasteiger partial charge >= 0.3 is 14.2 Å². The third-order valence-electron chi connectivity index (χ3n) is 5.52. The Morgan fingerprint density at radius 1 is 0.824 bits per heavy atom. The Balaban J connectivity index is 0.00000251. The number of phenolic OH excluding ortho intramolecular Hbond substituents is 1. The molecule has 0 aromatic heterocycles. The van der Waals surface area contributed by atoms with Gasteiger partial charge in [-0.15, -0.1) is 9.79 Å². The number of phenols is 1. The summed E-state index contributed by atoms with van der Waals surface area (Å²) in [7, 11) is -2.87. The molecule has 1 amide bonds. The number of carboxylic acid groups (broad SMARTS) is 1. The second kappa shape index (κ2) is 21.5. The van der Waals surface area contributed by atoms with Crippen LogP contribution in [0.3, 0.4) is 0 Å². The number of unbranched alkanes of at least 4 members (excludes halogenated alkanes) is 12. The van der Waals surface area contributed by atoms with Crippen LogP contribution in [0, 0.1) is 0 Å². The molecule has 0 heterocycles. The van der Waals surface area contributed by atoms with Crippen LogP contribution < -0.4 is 5.32 Å². The maximum atomic E-state index is 12.1. The first kappa shape index (κ1) is 32.0. The van der Waals surface area contributed by atoms with Gasteiger partial charge in [-0.25, -0.2) is 4.79 Å². The average Bonchev–Trinajstić information content (AvgIpc) is 2.77. The Bertz CT molecular complexity index is 678. The number of carbonyl (C=O) groups is 2. The molecule has 8 nitrogen and oxygen atoms in total. The Kier molecular flexibility index (Phi) is 20.2. The zero-order valence-corrected chi connectivity index (χ0v) is 21.3. The summed E-state index contributed by atoms with van der Waals surface area (Å²) >= 11 is 0. The number of rotatable bonds is 18. The highest BCUT2D eigenvalue weighted by Gasteiger charge is 2.20. The maximum Gasteiger partial charge on any atom is 0.692 e. The molecule has 0 saturated carbocycles. The summed E-state index contributed by atoms with van der Waals surface area (Å²) in [4.78, 5) is 37.8. The molecule has 194 valence electrons. The van der Waals surface area contributed by atoms with E-state index >= 15 is 0 Å². The van der Waals surface area contributed by atoms with Crippen molar-refractivity contribution in [2.24, 2.45) is 0 Å². The van der Waals surface area contributed by atoms with E-state index in [0.29, 0.717) is 6.42 Å². The van der Waals surface area contributed by atoms with Gasteiger partial charge in [0.05, 0.1) is 0 Å². The highest BCUT2D eigenvalue weighted by atomic mass is 31.1. The fraction of sp³-hybridized carbons (Fsp3) is 0.680. The Labute approximate surface area is 204 Å². The second-order valence-electron chi connectivity index (χ2n) is 8.57. The zero-order valence-electron chi connectivity index (χ0n) is 20.5. The topological polar surface area (TPSA) is 144 Å². The van der Waals surface area contributed by atoms with Crippen molar-refractivity contribution in [2.75, 3.05) is 0 Å². The number of carbonyl (C=O) groups excluding carboxylic acids is 1. The van der Waals surface area contributed by atoms with Crippen LogP contribution in [0.5, 0.6) is 5.75 Å². The van der Waals surface area contributed by atoms with Crippen molar-refractivity contribution in [1.29, 1.82) is 0 Å². The Hall–Kier alpha value is -2.02. The maximum absolute atomic E-state index is 12.1. The van der Waals surface area contributed by atoms with Gasteiger partial charge in [-0.05, 0) is 24.1 Å². The second-order valence-corrected chi connectivity index (χ2v) is 9.08. The Morgan fingerprint density at radius 2 is 1.24 bits per heavy atom. The minimum Gasteiger partial charge on any atom is -0.508 e. The smallest absolute Gasteiger partial charge is 0.508 e. The molecule has 0 saturated heterocycles. The van der Waals surface area contributed by atoms with Crippen molar-refractivity contribution in [3.63, 3.8) is 0 Å². The first-order valence-electron chi connectivity index (χ1n) is 12.4. The van der Waals surface area contributed by atoms with E-state index < -0.39 is 20.3 Å². The molecule has 0 bridgehead atoms. The zero-order chi connectivity index (χ0) is 25.6. The number of aliphatic carboxylic acids is 1. The third kappa shape index (κ3) is 20.6. The van der Waals surface area contributed by atoms with E-state index in [1.165, 1.54) is 76.3 Å². The lowest BCUT2D eigenvalue weighted by Gasteiger charge is -2.14. The van der Waals surface area contributed by atoms with Crippen LogP contribution in [0.2, 0.25) is 0 Å². The van der Waals surface area contributed by atoms with Gasteiger partial charge in [-0.1, -0.05) is 96.1 Å². The molecule has 1 atom stereocenters. The monoisotopic (exact) mass is 500 g/mol. The summed E-state index contributed by atoms with van der Waals surface area (Å²) in [5, 5.41) is 21.3. The summed E-state index contributed by atoms with van der Waals surface area (Å²) in [5.74, 6) is -1.11. The summed E-state index contributed by atoms with van der Waals surface area (Å²) in [6, 6.07) is 5.44. The largest absolute Gasteiger partial charge is 0.692 e. The number of amides is 1. The molecule has 0 radical (unpaired) electrons. The van der Waals surface area contributed by atoms with Crippen LogP contribution in [0.15, 0.2) is 24.3 Å². The highest BCUT2D eigenvalue weighted by molar-refractivity contribution is 7.30. The first-order chi connectivity index (χ1) is 16.3. The SMILES string of the molecule is CCCCCCCCCCCCCCCC(=O)N[C@@H](Cc1ccc(O)cc1)C(=O)O.O=[P+](O)O. The van der Waals surface area contributed by atoms with Gasteiger partial charge in [-0.3, -0.25) is 4.79 Å². The molecular formula is C25H43NO7P+. The van der Waals surface area contributed by atoms with Gasteiger partial charge in [-0.2, -0.15) is 0 Å². The molecule has 1 aromatic rings. The molecule has 0 aliphatic heterocycles.